The van der Waals surface area contributed by atoms with Gasteiger partial charge in [-0.3, -0.25) is 9.88 Å². The Balaban J connectivity index is 1.34. The van der Waals surface area contributed by atoms with Crippen LogP contribution in [0.2, 0.25) is 0 Å². The molecule has 0 amide bonds. The zero-order chi connectivity index (χ0) is 20.2. The predicted octanol–water partition coefficient (Wildman–Crippen LogP) is 2.64. The molecule has 1 aliphatic heterocycles. The Morgan fingerprint density at radius 2 is 2.07 bits per heavy atom. The largest absolute Gasteiger partial charge is 0.361 e. The average molecular weight is 414 g/mol. The zero-order valence-electron chi connectivity index (χ0n) is 16.5. The minimum absolute atomic E-state index is 0.453. The van der Waals surface area contributed by atoms with Crippen LogP contribution in [0.4, 0.5) is 5.69 Å². The van der Waals surface area contributed by atoms with Crippen LogP contribution in [0.15, 0.2) is 33.6 Å². The van der Waals surface area contributed by atoms with E-state index in [9.17, 15) is 0 Å². The Hall–Kier alpha value is -2.85. The van der Waals surface area contributed by atoms with Crippen molar-refractivity contribution in [2.45, 2.75) is 26.8 Å². The molecule has 1 aliphatic rings. The van der Waals surface area contributed by atoms with Gasteiger partial charge in [-0.25, -0.2) is 0 Å². The van der Waals surface area contributed by atoms with E-state index in [0.29, 0.717) is 24.0 Å². The summed E-state index contributed by atoms with van der Waals surface area (Å²) >= 11 is 5.57. The molecular weight excluding hydrogens is 390 g/mol. The Morgan fingerprint density at radius 3 is 2.83 bits per heavy atom. The highest BCUT2D eigenvalue weighted by Crippen LogP contribution is 2.25. The lowest BCUT2D eigenvalue weighted by Crippen LogP contribution is -2.37. The molecule has 4 heterocycles. The second-order valence-corrected chi connectivity index (χ2v) is 7.39. The fourth-order valence-electron chi connectivity index (χ4n) is 3.38. The third-order valence-electron chi connectivity index (χ3n) is 4.87. The lowest BCUT2D eigenvalue weighted by molar-refractivity contribution is 0.266. The molecule has 0 radical (unpaired) electrons. The highest BCUT2D eigenvalue weighted by Gasteiger charge is 2.21. The van der Waals surface area contributed by atoms with Gasteiger partial charge in [0.25, 0.3) is 5.89 Å². The molecule has 0 spiro atoms. The van der Waals surface area contributed by atoms with E-state index in [0.717, 1.165) is 54.7 Å². The normalized spacial score (nSPS) is 15.3. The van der Waals surface area contributed by atoms with E-state index in [4.69, 9.17) is 21.3 Å². The first-order chi connectivity index (χ1) is 14.1. The highest BCUT2D eigenvalue weighted by atomic mass is 32.1. The van der Waals surface area contributed by atoms with Crippen LogP contribution in [0.5, 0.6) is 0 Å². The summed E-state index contributed by atoms with van der Waals surface area (Å²) in [6.07, 6.45) is 4.51. The molecule has 1 saturated heterocycles. The highest BCUT2D eigenvalue weighted by molar-refractivity contribution is 7.80. The van der Waals surface area contributed by atoms with E-state index in [1.54, 1.807) is 12.4 Å². The first-order valence-corrected chi connectivity index (χ1v) is 9.95. The number of hydrogen-bond acceptors (Lipinski definition) is 8. The molecule has 3 aromatic rings. The maximum Gasteiger partial charge on any atom is 0.263 e. The Kier molecular flexibility index (Phi) is 5.81. The molecule has 0 aliphatic carbocycles. The van der Waals surface area contributed by atoms with Crippen LogP contribution in [0.25, 0.3) is 11.5 Å². The number of aromatic nitrogens is 4. The Labute approximate surface area is 174 Å². The number of nitrogens with zero attached hydrogens (tertiary/aromatic N) is 6. The fourth-order valence-corrected chi connectivity index (χ4v) is 3.68. The first-order valence-electron chi connectivity index (χ1n) is 9.54. The van der Waals surface area contributed by atoms with E-state index < -0.39 is 0 Å². The molecule has 152 valence electrons. The number of nitrogens with one attached hydrogen (secondary N) is 1. The van der Waals surface area contributed by atoms with E-state index in [1.807, 2.05) is 26.0 Å². The van der Waals surface area contributed by atoms with Gasteiger partial charge in [0, 0.05) is 32.4 Å². The van der Waals surface area contributed by atoms with Crippen LogP contribution in [-0.4, -0.2) is 61.4 Å². The van der Waals surface area contributed by atoms with Crippen molar-refractivity contribution in [2.24, 2.45) is 0 Å². The number of hydrogen-bond donors (Lipinski definition) is 1. The summed E-state index contributed by atoms with van der Waals surface area (Å²) in [5.74, 6) is 1.79. The molecule has 0 aromatic carbocycles. The van der Waals surface area contributed by atoms with Crippen molar-refractivity contribution in [1.82, 2.24) is 30.1 Å². The monoisotopic (exact) mass is 413 g/mol. The molecule has 10 heteroatoms. The van der Waals surface area contributed by atoms with Crippen LogP contribution in [0, 0.1) is 13.8 Å². The first kappa shape index (κ1) is 19.5. The van der Waals surface area contributed by atoms with Crippen LogP contribution in [0.1, 0.15) is 23.7 Å². The average Bonchev–Trinajstić information content (AvgIpc) is 3.21. The van der Waals surface area contributed by atoms with E-state index in [-0.39, 0.29) is 0 Å². The topological polar surface area (TPSA) is 96.4 Å². The summed E-state index contributed by atoms with van der Waals surface area (Å²) < 4.78 is 10.6. The lowest BCUT2D eigenvalue weighted by Gasteiger charge is -2.24. The summed E-state index contributed by atoms with van der Waals surface area (Å²) in [5, 5.41) is 12.1. The molecule has 0 bridgehead atoms. The van der Waals surface area contributed by atoms with Crippen molar-refractivity contribution in [1.29, 1.82) is 0 Å². The van der Waals surface area contributed by atoms with Gasteiger partial charge in [0.15, 0.2) is 10.9 Å². The summed E-state index contributed by atoms with van der Waals surface area (Å²) in [4.78, 5) is 13.1. The maximum absolute atomic E-state index is 5.57. The van der Waals surface area contributed by atoms with Gasteiger partial charge in [-0.15, -0.1) is 0 Å². The van der Waals surface area contributed by atoms with E-state index in [2.05, 4.69) is 35.4 Å². The van der Waals surface area contributed by atoms with Crippen molar-refractivity contribution >= 4 is 23.0 Å². The molecular formula is C19H23N7O2S. The van der Waals surface area contributed by atoms with Gasteiger partial charge in [0.05, 0.1) is 24.1 Å². The molecule has 0 atom stereocenters. The van der Waals surface area contributed by atoms with Crippen molar-refractivity contribution in [3.63, 3.8) is 0 Å². The minimum Gasteiger partial charge on any atom is -0.361 e. The SMILES string of the molecule is Cc1noc(C)c1-c1nc(CN2CCCN(C(=S)Nc3cccnc3)CC2)no1. The number of rotatable bonds is 4. The standard InChI is InChI=1S/C19H23N7O2S/c1-13-17(14(2)27-23-13)18-22-16(24-28-18)12-25-7-4-8-26(10-9-25)19(29)21-15-5-3-6-20-11-15/h3,5-6,11H,4,7-10,12H2,1-2H3,(H,21,29). The smallest absolute Gasteiger partial charge is 0.263 e. The van der Waals surface area contributed by atoms with Crippen LogP contribution >= 0.6 is 12.2 Å². The predicted molar refractivity (Wildman–Crippen MR) is 111 cm³/mol. The van der Waals surface area contributed by atoms with Gasteiger partial charge >= 0.3 is 0 Å². The van der Waals surface area contributed by atoms with Crippen molar-refractivity contribution in [3.8, 4) is 11.5 Å². The van der Waals surface area contributed by atoms with Crippen molar-refractivity contribution < 1.29 is 9.05 Å². The van der Waals surface area contributed by atoms with Gasteiger partial charge in [-0.05, 0) is 44.6 Å². The van der Waals surface area contributed by atoms with Crippen molar-refractivity contribution in [3.05, 3.63) is 41.8 Å². The number of thiocarbonyl (C=S) groups is 1. The van der Waals surface area contributed by atoms with Gasteiger partial charge < -0.3 is 19.3 Å². The molecule has 3 aromatic heterocycles. The molecule has 1 N–H and O–H groups in total. The van der Waals surface area contributed by atoms with Crippen LogP contribution in [0.3, 0.4) is 0 Å². The quantitative estimate of drug-likeness (QED) is 0.643. The van der Waals surface area contributed by atoms with Crippen LogP contribution in [-0.2, 0) is 6.54 Å². The molecule has 29 heavy (non-hydrogen) atoms. The van der Waals surface area contributed by atoms with E-state index >= 15 is 0 Å². The number of aryl methyl sites for hydroxylation is 2. The molecule has 4 rings (SSSR count). The van der Waals surface area contributed by atoms with Gasteiger partial charge in [-0.2, -0.15) is 4.98 Å². The second kappa shape index (κ2) is 8.66. The summed E-state index contributed by atoms with van der Waals surface area (Å²) in [6.45, 7) is 7.88. The maximum atomic E-state index is 5.57. The Bertz CT molecular complexity index is 953. The number of anilines is 1. The fraction of sp³-hybridized carbons (Fsp3) is 0.421. The van der Waals surface area contributed by atoms with E-state index in [1.165, 1.54) is 0 Å². The molecule has 0 unspecified atom stereocenters. The van der Waals surface area contributed by atoms with Crippen molar-refractivity contribution in [2.75, 3.05) is 31.5 Å². The number of pyridine rings is 1. The Morgan fingerprint density at radius 1 is 1.17 bits per heavy atom. The summed E-state index contributed by atoms with van der Waals surface area (Å²) in [5.41, 5.74) is 2.42. The lowest BCUT2D eigenvalue weighted by atomic mass is 10.2. The molecule has 1 fully saturated rings. The third kappa shape index (κ3) is 4.60. The second-order valence-electron chi connectivity index (χ2n) is 7.00. The van der Waals surface area contributed by atoms with Gasteiger partial charge in [0.1, 0.15) is 11.3 Å². The molecule has 0 saturated carbocycles. The summed E-state index contributed by atoms with van der Waals surface area (Å²) in [6, 6.07) is 3.84. The molecule has 9 nitrogen and oxygen atoms in total. The third-order valence-corrected chi connectivity index (χ3v) is 5.23. The van der Waals surface area contributed by atoms with Crippen LogP contribution < -0.4 is 5.32 Å². The minimum atomic E-state index is 0.453. The zero-order valence-corrected chi connectivity index (χ0v) is 17.3. The van der Waals surface area contributed by atoms with Gasteiger partial charge in [0.2, 0.25) is 0 Å². The van der Waals surface area contributed by atoms with Gasteiger partial charge in [-0.1, -0.05) is 10.3 Å². The summed E-state index contributed by atoms with van der Waals surface area (Å²) in [7, 11) is 0.